The molecule has 1 rings (SSSR count). The maximum absolute atomic E-state index is 5.57. The lowest BCUT2D eigenvalue weighted by atomic mass is 10.1. The summed E-state index contributed by atoms with van der Waals surface area (Å²) in [6.07, 6.45) is 2.82. The van der Waals surface area contributed by atoms with E-state index in [-0.39, 0.29) is 5.54 Å². The van der Waals surface area contributed by atoms with Gasteiger partial charge in [0.2, 0.25) is 0 Å². The molecule has 5 nitrogen and oxygen atoms in total. The minimum Gasteiger partial charge on any atom is -0.463 e. The predicted octanol–water partition coefficient (Wildman–Crippen LogP) is 2.00. The van der Waals surface area contributed by atoms with E-state index in [0.29, 0.717) is 12.6 Å². The average Bonchev–Trinajstić information content (AvgIpc) is 2.32. The van der Waals surface area contributed by atoms with Gasteiger partial charge in [-0.2, -0.15) is 0 Å². The first kappa shape index (κ1) is 16.9. The number of ether oxygens (including phenoxy) is 1. The molecule has 1 N–H and O–H groups in total. The maximum Gasteiger partial charge on any atom is 0.316 e. The number of rotatable bonds is 7. The van der Waals surface area contributed by atoms with Gasteiger partial charge < -0.3 is 15.0 Å². The van der Waals surface area contributed by atoms with E-state index >= 15 is 0 Å². The van der Waals surface area contributed by atoms with Gasteiger partial charge in [0.25, 0.3) is 0 Å². The SMILES string of the molecule is Cc1nc(OCCCN(C)C)ncc1CNC(C)(C)C. The lowest BCUT2D eigenvalue weighted by Gasteiger charge is -2.21. The standard InChI is InChI=1S/C15H28N4O/c1-12-13(11-17-15(2,3)4)10-16-14(18-12)20-9-7-8-19(5)6/h10,17H,7-9,11H2,1-6H3. The summed E-state index contributed by atoms with van der Waals surface area (Å²) in [5.74, 6) is 0. The lowest BCUT2D eigenvalue weighted by Crippen LogP contribution is -2.35. The van der Waals surface area contributed by atoms with Gasteiger partial charge in [-0.1, -0.05) is 0 Å². The maximum atomic E-state index is 5.57. The molecule has 0 atom stereocenters. The molecular weight excluding hydrogens is 252 g/mol. The van der Waals surface area contributed by atoms with Crippen LogP contribution >= 0.6 is 0 Å². The third kappa shape index (κ3) is 6.82. The van der Waals surface area contributed by atoms with Gasteiger partial charge in [0.15, 0.2) is 0 Å². The smallest absolute Gasteiger partial charge is 0.316 e. The van der Waals surface area contributed by atoms with Gasteiger partial charge in [-0.15, -0.1) is 0 Å². The van der Waals surface area contributed by atoms with Crippen LogP contribution in [0.3, 0.4) is 0 Å². The summed E-state index contributed by atoms with van der Waals surface area (Å²) in [5.41, 5.74) is 2.17. The van der Waals surface area contributed by atoms with Crippen LogP contribution in [0, 0.1) is 6.92 Å². The van der Waals surface area contributed by atoms with Crippen molar-refractivity contribution in [2.75, 3.05) is 27.2 Å². The molecule has 0 aliphatic rings. The Balaban J connectivity index is 2.46. The molecule has 0 spiro atoms. The van der Waals surface area contributed by atoms with E-state index in [0.717, 1.165) is 30.8 Å². The van der Waals surface area contributed by atoms with Gasteiger partial charge in [-0.25, -0.2) is 9.97 Å². The summed E-state index contributed by atoms with van der Waals surface area (Å²) in [4.78, 5) is 10.8. The Hall–Kier alpha value is -1.20. The molecule has 1 aromatic heterocycles. The first-order chi connectivity index (χ1) is 9.28. The molecule has 0 fully saturated rings. The highest BCUT2D eigenvalue weighted by molar-refractivity contribution is 5.17. The van der Waals surface area contributed by atoms with Crippen molar-refractivity contribution in [2.24, 2.45) is 0 Å². The van der Waals surface area contributed by atoms with Crippen molar-refractivity contribution in [3.8, 4) is 6.01 Å². The molecule has 0 unspecified atom stereocenters. The Kier molecular flexibility index (Phi) is 6.36. The zero-order chi connectivity index (χ0) is 15.2. The van der Waals surface area contributed by atoms with Crippen molar-refractivity contribution in [3.05, 3.63) is 17.5 Å². The second-order valence-electron chi connectivity index (χ2n) is 6.37. The Morgan fingerprint density at radius 1 is 1.30 bits per heavy atom. The fourth-order valence-corrected chi connectivity index (χ4v) is 1.62. The fraction of sp³-hybridized carbons (Fsp3) is 0.733. The Morgan fingerprint density at radius 3 is 2.55 bits per heavy atom. The fourth-order valence-electron chi connectivity index (χ4n) is 1.62. The number of nitrogens with one attached hydrogen (secondary N) is 1. The van der Waals surface area contributed by atoms with Crippen molar-refractivity contribution >= 4 is 0 Å². The van der Waals surface area contributed by atoms with Crippen molar-refractivity contribution in [2.45, 2.75) is 46.2 Å². The van der Waals surface area contributed by atoms with E-state index in [1.165, 1.54) is 0 Å². The number of nitrogens with zero attached hydrogens (tertiary/aromatic N) is 3. The van der Waals surface area contributed by atoms with Gasteiger partial charge >= 0.3 is 6.01 Å². The molecule has 0 radical (unpaired) electrons. The highest BCUT2D eigenvalue weighted by Crippen LogP contribution is 2.10. The first-order valence-electron chi connectivity index (χ1n) is 7.13. The van der Waals surface area contributed by atoms with E-state index in [2.05, 4.69) is 55.1 Å². The molecule has 0 saturated heterocycles. The number of aromatic nitrogens is 2. The van der Waals surface area contributed by atoms with E-state index in [1.807, 2.05) is 13.1 Å². The van der Waals surface area contributed by atoms with Crippen molar-refractivity contribution in [1.29, 1.82) is 0 Å². The largest absolute Gasteiger partial charge is 0.463 e. The third-order valence-corrected chi connectivity index (χ3v) is 2.85. The van der Waals surface area contributed by atoms with E-state index < -0.39 is 0 Å². The molecule has 0 amide bonds. The molecule has 20 heavy (non-hydrogen) atoms. The minimum atomic E-state index is 0.0911. The molecule has 0 aliphatic carbocycles. The van der Waals surface area contributed by atoms with Crippen molar-refractivity contribution in [1.82, 2.24) is 20.2 Å². The highest BCUT2D eigenvalue weighted by atomic mass is 16.5. The van der Waals surface area contributed by atoms with Crippen LogP contribution in [-0.4, -0.2) is 47.7 Å². The first-order valence-corrected chi connectivity index (χ1v) is 7.13. The second kappa shape index (κ2) is 7.55. The summed E-state index contributed by atoms with van der Waals surface area (Å²) in [6.45, 7) is 10.9. The molecule has 0 bridgehead atoms. The quantitative estimate of drug-likeness (QED) is 0.774. The lowest BCUT2D eigenvalue weighted by molar-refractivity contribution is 0.263. The van der Waals surface area contributed by atoms with Crippen LogP contribution in [0.25, 0.3) is 0 Å². The highest BCUT2D eigenvalue weighted by Gasteiger charge is 2.10. The number of hydrogen-bond donors (Lipinski definition) is 1. The molecule has 1 aromatic rings. The Labute approximate surface area is 122 Å². The molecule has 5 heteroatoms. The van der Waals surface area contributed by atoms with Crippen molar-refractivity contribution < 1.29 is 4.74 Å². The van der Waals surface area contributed by atoms with Crippen LogP contribution in [0.2, 0.25) is 0 Å². The summed E-state index contributed by atoms with van der Waals surface area (Å²) < 4.78 is 5.57. The number of hydrogen-bond acceptors (Lipinski definition) is 5. The van der Waals surface area contributed by atoms with Crippen LogP contribution in [0.1, 0.15) is 38.4 Å². The van der Waals surface area contributed by atoms with Gasteiger partial charge in [-0.05, 0) is 48.2 Å². The molecule has 0 saturated carbocycles. The van der Waals surface area contributed by atoms with E-state index in [4.69, 9.17) is 4.74 Å². The van der Waals surface area contributed by atoms with E-state index in [1.54, 1.807) is 0 Å². The average molecular weight is 280 g/mol. The molecule has 1 heterocycles. The van der Waals surface area contributed by atoms with Gasteiger partial charge in [-0.3, -0.25) is 0 Å². The zero-order valence-electron chi connectivity index (χ0n) is 13.7. The van der Waals surface area contributed by atoms with Crippen molar-refractivity contribution in [3.63, 3.8) is 0 Å². The summed E-state index contributed by atoms with van der Waals surface area (Å²) >= 11 is 0. The normalized spacial score (nSPS) is 11.9. The predicted molar refractivity (Wildman–Crippen MR) is 82.0 cm³/mol. The molecule has 0 aromatic carbocycles. The molecular formula is C15H28N4O. The summed E-state index contributed by atoms with van der Waals surface area (Å²) in [6, 6.07) is 0.473. The third-order valence-electron chi connectivity index (χ3n) is 2.85. The Bertz CT molecular complexity index is 413. The topological polar surface area (TPSA) is 50.3 Å². The van der Waals surface area contributed by atoms with Crippen LogP contribution < -0.4 is 10.1 Å². The van der Waals surface area contributed by atoms with Crippen LogP contribution in [0.15, 0.2) is 6.20 Å². The summed E-state index contributed by atoms with van der Waals surface area (Å²) in [7, 11) is 4.11. The monoisotopic (exact) mass is 280 g/mol. The van der Waals surface area contributed by atoms with Crippen LogP contribution in [0.5, 0.6) is 6.01 Å². The summed E-state index contributed by atoms with van der Waals surface area (Å²) in [5, 5.41) is 3.44. The van der Waals surface area contributed by atoms with E-state index in [9.17, 15) is 0 Å². The molecule has 0 aliphatic heterocycles. The van der Waals surface area contributed by atoms with Crippen LogP contribution in [0.4, 0.5) is 0 Å². The zero-order valence-corrected chi connectivity index (χ0v) is 13.7. The van der Waals surface area contributed by atoms with Gasteiger partial charge in [0.1, 0.15) is 0 Å². The van der Waals surface area contributed by atoms with Crippen LogP contribution in [-0.2, 0) is 6.54 Å². The minimum absolute atomic E-state index is 0.0911. The Morgan fingerprint density at radius 2 is 2.00 bits per heavy atom. The van der Waals surface area contributed by atoms with Gasteiger partial charge in [0.05, 0.1) is 6.61 Å². The molecule has 114 valence electrons. The second-order valence-corrected chi connectivity index (χ2v) is 6.37. The number of aryl methyl sites for hydroxylation is 1. The van der Waals surface area contributed by atoms with Gasteiger partial charge in [0, 0.05) is 36.1 Å².